The molecule has 3 atom stereocenters. The van der Waals surface area contributed by atoms with Crippen molar-refractivity contribution < 1.29 is 14.6 Å². The summed E-state index contributed by atoms with van der Waals surface area (Å²) in [5.74, 6) is -0.778. The number of hydrogen-bond acceptors (Lipinski definition) is 3. The minimum Gasteiger partial charge on any atom is -0.481 e. The Morgan fingerprint density at radius 2 is 2.27 bits per heavy atom. The molecule has 1 aliphatic carbocycles. The lowest BCUT2D eigenvalue weighted by molar-refractivity contribution is -0.149. The highest BCUT2D eigenvalue weighted by Crippen LogP contribution is 2.33. The van der Waals surface area contributed by atoms with Crippen LogP contribution in [0, 0.1) is 5.92 Å². The van der Waals surface area contributed by atoms with E-state index in [1.165, 1.54) is 0 Å². The fraction of sp³-hybridized carbons (Fsp3) is 0.909. The van der Waals surface area contributed by atoms with Crippen molar-refractivity contribution in [1.29, 1.82) is 0 Å². The summed E-state index contributed by atoms with van der Waals surface area (Å²) in [5, 5.41) is 9.01. The van der Waals surface area contributed by atoms with Crippen LogP contribution >= 0.6 is 0 Å². The molecule has 0 aromatic heterocycles. The zero-order chi connectivity index (χ0) is 10.8. The molecule has 86 valence electrons. The molecular weight excluding hydrogens is 194 g/mol. The van der Waals surface area contributed by atoms with Gasteiger partial charge in [-0.2, -0.15) is 0 Å². The number of aliphatic carboxylic acids is 1. The standard InChI is InChI=1S/C11H19NO3/c1-8-7-12(5-2-6-15-8)10-4-3-9(10)11(13)14/h8-10H,2-7H2,1H3,(H,13,14). The fourth-order valence-corrected chi connectivity index (χ4v) is 2.54. The summed E-state index contributed by atoms with van der Waals surface area (Å²) in [5.41, 5.74) is 0. The van der Waals surface area contributed by atoms with Crippen LogP contribution < -0.4 is 0 Å². The van der Waals surface area contributed by atoms with Crippen molar-refractivity contribution in [2.45, 2.75) is 38.3 Å². The van der Waals surface area contributed by atoms with E-state index in [2.05, 4.69) is 11.8 Å². The molecule has 3 unspecified atom stereocenters. The number of carboxylic acid groups (broad SMARTS) is 1. The van der Waals surface area contributed by atoms with Crippen molar-refractivity contribution in [2.24, 2.45) is 5.92 Å². The Labute approximate surface area is 90.2 Å². The second kappa shape index (κ2) is 4.49. The maximum Gasteiger partial charge on any atom is 0.308 e. The van der Waals surface area contributed by atoms with Crippen LogP contribution in [0.15, 0.2) is 0 Å². The SMILES string of the molecule is CC1CN(C2CCC2C(=O)O)CCCO1. The Balaban J connectivity index is 1.94. The third kappa shape index (κ3) is 2.32. The van der Waals surface area contributed by atoms with Gasteiger partial charge in [0.15, 0.2) is 0 Å². The molecule has 2 rings (SSSR count). The monoisotopic (exact) mass is 213 g/mol. The Morgan fingerprint density at radius 1 is 1.47 bits per heavy atom. The van der Waals surface area contributed by atoms with E-state index in [0.717, 1.165) is 39.0 Å². The molecule has 1 saturated carbocycles. The van der Waals surface area contributed by atoms with Gasteiger partial charge < -0.3 is 9.84 Å². The molecule has 4 heteroatoms. The van der Waals surface area contributed by atoms with Gasteiger partial charge in [0.1, 0.15) is 0 Å². The first-order valence-electron chi connectivity index (χ1n) is 5.77. The quantitative estimate of drug-likeness (QED) is 0.742. The van der Waals surface area contributed by atoms with Gasteiger partial charge in [-0.3, -0.25) is 9.69 Å². The van der Waals surface area contributed by atoms with Gasteiger partial charge in [-0.15, -0.1) is 0 Å². The molecule has 1 saturated heterocycles. The highest BCUT2D eigenvalue weighted by atomic mass is 16.5. The molecule has 15 heavy (non-hydrogen) atoms. The summed E-state index contributed by atoms with van der Waals surface area (Å²) < 4.78 is 5.56. The Hall–Kier alpha value is -0.610. The van der Waals surface area contributed by atoms with Crippen molar-refractivity contribution >= 4 is 5.97 Å². The third-order valence-corrected chi connectivity index (χ3v) is 3.51. The molecule has 2 fully saturated rings. The second-order valence-corrected chi connectivity index (χ2v) is 4.62. The molecular formula is C11H19NO3. The van der Waals surface area contributed by atoms with Crippen LogP contribution in [0.3, 0.4) is 0 Å². The summed E-state index contributed by atoms with van der Waals surface area (Å²) >= 11 is 0. The summed E-state index contributed by atoms with van der Waals surface area (Å²) in [4.78, 5) is 13.2. The molecule has 2 aliphatic rings. The second-order valence-electron chi connectivity index (χ2n) is 4.62. The minimum absolute atomic E-state index is 0.143. The number of ether oxygens (including phenoxy) is 1. The van der Waals surface area contributed by atoms with Crippen LogP contribution in [-0.4, -0.2) is 47.8 Å². The van der Waals surface area contributed by atoms with Gasteiger partial charge in [0.25, 0.3) is 0 Å². The number of carboxylic acids is 1. The molecule has 0 radical (unpaired) electrons. The van der Waals surface area contributed by atoms with Crippen molar-refractivity contribution in [3.05, 3.63) is 0 Å². The third-order valence-electron chi connectivity index (χ3n) is 3.51. The number of hydrogen-bond donors (Lipinski definition) is 1. The molecule has 0 bridgehead atoms. The maximum absolute atomic E-state index is 10.9. The predicted molar refractivity (Wildman–Crippen MR) is 55.8 cm³/mol. The van der Waals surface area contributed by atoms with E-state index >= 15 is 0 Å². The zero-order valence-electron chi connectivity index (χ0n) is 9.19. The van der Waals surface area contributed by atoms with Gasteiger partial charge in [0.05, 0.1) is 12.0 Å². The lowest BCUT2D eigenvalue weighted by atomic mass is 9.78. The largest absolute Gasteiger partial charge is 0.481 e. The Bertz CT molecular complexity index is 244. The van der Waals surface area contributed by atoms with Crippen molar-refractivity contribution in [3.63, 3.8) is 0 Å². The van der Waals surface area contributed by atoms with Crippen molar-refractivity contribution in [3.8, 4) is 0 Å². The summed E-state index contributed by atoms with van der Waals surface area (Å²) in [6, 6.07) is 0.256. The molecule has 1 aliphatic heterocycles. The van der Waals surface area contributed by atoms with Crippen LogP contribution in [0.4, 0.5) is 0 Å². The smallest absolute Gasteiger partial charge is 0.308 e. The molecule has 0 amide bonds. The average Bonchev–Trinajstić information content (AvgIpc) is 2.27. The lowest BCUT2D eigenvalue weighted by Gasteiger charge is -2.42. The van der Waals surface area contributed by atoms with Gasteiger partial charge >= 0.3 is 5.97 Å². The highest BCUT2D eigenvalue weighted by Gasteiger charge is 2.40. The van der Waals surface area contributed by atoms with Crippen molar-refractivity contribution in [2.75, 3.05) is 19.7 Å². The maximum atomic E-state index is 10.9. The lowest BCUT2D eigenvalue weighted by Crippen LogP contribution is -2.51. The van der Waals surface area contributed by atoms with E-state index in [1.54, 1.807) is 0 Å². The fourth-order valence-electron chi connectivity index (χ4n) is 2.54. The molecule has 0 spiro atoms. The van der Waals surface area contributed by atoms with E-state index < -0.39 is 5.97 Å². The number of rotatable bonds is 2. The van der Waals surface area contributed by atoms with Gasteiger partial charge in [-0.05, 0) is 26.2 Å². The topological polar surface area (TPSA) is 49.8 Å². The molecule has 0 aromatic rings. The van der Waals surface area contributed by atoms with Gasteiger partial charge in [0.2, 0.25) is 0 Å². The highest BCUT2D eigenvalue weighted by molar-refractivity contribution is 5.72. The van der Waals surface area contributed by atoms with Gasteiger partial charge in [-0.25, -0.2) is 0 Å². The first kappa shape index (κ1) is 10.9. The predicted octanol–water partition coefficient (Wildman–Crippen LogP) is 0.960. The summed E-state index contributed by atoms with van der Waals surface area (Å²) in [7, 11) is 0. The van der Waals surface area contributed by atoms with E-state index in [9.17, 15) is 4.79 Å². The minimum atomic E-state index is -0.635. The van der Waals surface area contributed by atoms with Crippen molar-refractivity contribution in [1.82, 2.24) is 4.90 Å². The van der Waals surface area contributed by atoms with Gasteiger partial charge in [0, 0.05) is 25.7 Å². The molecule has 1 N–H and O–H groups in total. The van der Waals surface area contributed by atoms with Crippen LogP contribution in [0.25, 0.3) is 0 Å². The Morgan fingerprint density at radius 3 is 2.87 bits per heavy atom. The first-order chi connectivity index (χ1) is 7.18. The molecule has 1 heterocycles. The molecule has 4 nitrogen and oxygen atoms in total. The first-order valence-corrected chi connectivity index (χ1v) is 5.77. The van der Waals surface area contributed by atoms with E-state index in [4.69, 9.17) is 9.84 Å². The van der Waals surface area contributed by atoms with Crippen LogP contribution in [0.2, 0.25) is 0 Å². The van der Waals surface area contributed by atoms with Crippen LogP contribution in [0.1, 0.15) is 26.2 Å². The normalized spacial score (nSPS) is 38.1. The van der Waals surface area contributed by atoms with E-state index in [-0.39, 0.29) is 18.1 Å². The van der Waals surface area contributed by atoms with Crippen LogP contribution in [0.5, 0.6) is 0 Å². The summed E-state index contributed by atoms with van der Waals surface area (Å²) in [6.07, 6.45) is 3.13. The van der Waals surface area contributed by atoms with Crippen LogP contribution in [-0.2, 0) is 9.53 Å². The zero-order valence-corrected chi connectivity index (χ0v) is 9.19. The van der Waals surface area contributed by atoms with Gasteiger partial charge in [-0.1, -0.05) is 0 Å². The van der Waals surface area contributed by atoms with E-state index in [0.29, 0.717) is 0 Å². The average molecular weight is 213 g/mol. The molecule has 0 aromatic carbocycles. The summed E-state index contributed by atoms with van der Waals surface area (Å²) in [6.45, 7) is 4.74. The number of nitrogens with zero attached hydrogens (tertiary/aromatic N) is 1. The van der Waals surface area contributed by atoms with E-state index in [1.807, 2.05) is 0 Å². The number of carbonyl (C=O) groups is 1. The Kier molecular flexibility index (Phi) is 3.26.